The summed E-state index contributed by atoms with van der Waals surface area (Å²) in [4.78, 5) is 24.2. The van der Waals surface area contributed by atoms with Crippen LogP contribution >= 0.6 is 0 Å². The smallest absolute Gasteiger partial charge is 0.303 e. The fourth-order valence-electron chi connectivity index (χ4n) is 2.23. The van der Waals surface area contributed by atoms with Gasteiger partial charge >= 0.3 is 5.97 Å². The topological polar surface area (TPSA) is 83.6 Å². The maximum atomic E-state index is 11.9. The summed E-state index contributed by atoms with van der Waals surface area (Å²) in [6.07, 6.45) is 4.06. The number of carbonyl (C=O) groups is 2. The third-order valence-electron chi connectivity index (χ3n) is 3.32. The monoisotopic (exact) mass is 252 g/mol. The van der Waals surface area contributed by atoms with E-state index in [1.165, 1.54) is 6.20 Å². The minimum Gasteiger partial charge on any atom is -0.481 e. The summed E-state index contributed by atoms with van der Waals surface area (Å²) < 4.78 is 4.84. The van der Waals surface area contributed by atoms with E-state index in [1.807, 2.05) is 0 Å². The number of amides is 1. The number of piperidine rings is 1. The van der Waals surface area contributed by atoms with Gasteiger partial charge in [0.1, 0.15) is 0 Å². The van der Waals surface area contributed by atoms with Crippen molar-refractivity contribution in [1.29, 1.82) is 0 Å². The Labute approximate surface area is 105 Å². The van der Waals surface area contributed by atoms with Gasteiger partial charge in [0.2, 0.25) is 5.76 Å². The molecule has 1 saturated heterocycles. The molecule has 98 valence electrons. The Kier molecular flexibility index (Phi) is 3.96. The van der Waals surface area contributed by atoms with Crippen LogP contribution < -0.4 is 0 Å². The molecule has 1 aliphatic heterocycles. The lowest BCUT2D eigenvalue weighted by atomic mass is 9.92. The summed E-state index contributed by atoms with van der Waals surface area (Å²) in [5.41, 5.74) is 0. The number of nitrogens with zero attached hydrogens (tertiary/aromatic N) is 2. The van der Waals surface area contributed by atoms with E-state index in [0.29, 0.717) is 25.4 Å². The SMILES string of the molecule is O=C(O)CCC1CCN(C(=O)c2ccno2)CC1. The quantitative estimate of drug-likeness (QED) is 0.875. The van der Waals surface area contributed by atoms with Gasteiger partial charge in [0.25, 0.3) is 5.91 Å². The van der Waals surface area contributed by atoms with Crippen LogP contribution in [0.15, 0.2) is 16.8 Å². The zero-order valence-corrected chi connectivity index (χ0v) is 10.0. The number of carbonyl (C=O) groups excluding carboxylic acids is 1. The number of rotatable bonds is 4. The molecule has 0 unspecified atom stereocenters. The highest BCUT2D eigenvalue weighted by Gasteiger charge is 2.25. The first-order valence-electron chi connectivity index (χ1n) is 6.08. The van der Waals surface area contributed by atoms with E-state index in [-0.39, 0.29) is 18.1 Å². The molecule has 1 fully saturated rings. The van der Waals surface area contributed by atoms with Crippen molar-refractivity contribution in [2.45, 2.75) is 25.7 Å². The summed E-state index contributed by atoms with van der Waals surface area (Å²) in [7, 11) is 0. The van der Waals surface area contributed by atoms with Crippen LogP contribution in [0.3, 0.4) is 0 Å². The van der Waals surface area contributed by atoms with Gasteiger partial charge in [0.05, 0.1) is 6.20 Å². The molecule has 0 aliphatic carbocycles. The maximum Gasteiger partial charge on any atom is 0.303 e. The van der Waals surface area contributed by atoms with Crippen molar-refractivity contribution in [2.75, 3.05) is 13.1 Å². The summed E-state index contributed by atoms with van der Waals surface area (Å²) in [5, 5.41) is 12.1. The molecule has 1 N–H and O–H groups in total. The Bertz CT molecular complexity index is 408. The highest BCUT2D eigenvalue weighted by Crippen LogP contribution is 2.22. The molecule has 1 aromatic rings. The average molecular weight is 252 g/mol. The second-order valence-electron chi connectivity index (χ2n) is 4.54. The van der Waals surface area contributed by atoms with E-state index in [1.54, 1.807) is 11.0 Å². The van der Waals surface area contributed by atoms with Gasteiger partial charge in [-0.3, -0.25) is 9.59 Å². The van der Waals surface area contributed by atoms with Crippen molar-refractivity contribution in [3.05, 3.63) is 18.0 Å². The fourth-order valence-corrected chi connectivity index (χ4v) is 2.23. The molecule has 1 amide bonds. The van der Waals surface area contributed by atoms with Crippen LogP contribution in [0.4, 0.5) is 0 Å². The number of aliphatic carboxylic acids is 1. The number of hydrogen-bond acceptors (Lipinski definition) is 4. The molecule has 6 heteroatoms. The Balaban J connectivity index is 1.80. The van der Waals surface area contributed by atoms with Crippen molar-refractivity contribution in [3.63, 3.8) is 0 Å². The van der Waals surface area contributed by atoms with Crippen molar-refractivity contribution < 1.29 is 19.2 Å². The Hall–Kier alpha value is -1.85. The van der Waals surface area contributed by atoms with Gasteiger partial charge in [-0.05, 0) is 25.2 Å². The summed E-state index contributed by atoms with van der Waals surface area (Å²) >= 11 is 0. The van der Waals surface area contributed by atoms with Crippen molar-refractivity contribution in [1.82, 2.24) is 10.1 Å². The molecule has 0 atom stereocenters. The van der Waals surface area contributed by atoms with Gasteiger partial charge in [0.15, 0.2) is 0 Å². The first kappa shape index (κ1) is 12.6. The highest BCUT2D eigenvalue weighted by atomic mass is 16.5. The van der Waals surface area contributed by atoms with Crippen LogP contribution in [0, 0.1) is 5.92 Å². The molecule has 0 saturated carbocycles. The summed E-state index contributed by atoms with van der Waals surface area (Å²) in [5.74, 6) is -0.224. The lowest BCUT2D eigenvalue weighted by Gasteiger charge is -2.31. The fraction of sp³-hybridized carbons (Fsp3) is 0.583. The van der Waals surface area contributed by atoms with Crippen molar-refractivity contribution >= 4 is 11.9 Å². The normalized spacial score (nSPS) is 16.8. The molecule has 0 bridgehead atoms. The maximum absolute atomic E-state index is 11.9. The lowest BCUT2D eigenvalue weighted by Crippen LogP contribution is -2.38. The minimum atomic E-state index is -0.754. The van der Waals surface area contributed by atoms with Gasteiger partial charge in [-0.2, -0.15) is 0 Å². The van der Waals surface area contributed by atoms with E-state index in [9.17, 15) is 9.59 Å². The van der Waals surface area contributed by atoms with Crippen LogP contribution in [0.2, 0.25) is 0 Å². The minimum absolute atomic E-state index is 0.135. The first-order valence-corrected chi connectivity index (χ1v) is 6.08. The molecule has 2 rings (SSSR count). The second kappa shape index (κ2) is 5.66. The van der Waals surface area contributed by atoms with Gasteiger partial charge in [0, 0.05) is 25.6 Å². The average Bonchev–Trinajstić information content (AvgIpc) is 2.90. The van der Waals surface area contributed by atoms with Crippen LogP contribution in [0.25, 0.3) is 0 Å². The number of hydrogen-bond donors (Lipinski definition) is 1. The van der Waals surface area contributed by atoms with E-state index in [0.717, 1.165) is 12.8 Å². The predicted octanol–water partition coefficient (Wildman–Crippen LogP) is 1.39. The summed E-state index contributed by atoms with van der Waals surface area (Å²) in [6, 6.07) is 1.55. The first-order chi connectivity index (χ1) is 8.66. The third-order valence-corrected chi connectivity index (χ3v) is 3.32. The molecule has 0 aromatic carbocycles. The van der Waals surface area contributed by atoms with Gasteiger partial charge < -0.3 is 14.5 Å². The van der Waals surface area contributed by atoms with E-state index < -0.39 is 5.97 Å². The second-order valence-corrected chi connectivity index (χ2v) is 4.54. The zero-order valence-electron chi connectivity index (χ0n) is 10.0. The Morgan fingerprint density at radius 3 is 2.72 bits per heavy atom. The number of carboxylic acid groups (broad SMARTS) is 1. The molecule has 2 heterocycles. The van der Waals surface area contributed by atoms with Gasteiger partial charge in [-0.1, -0.05) is 5.16 Å². The molecule has 0 radical (unpaired) electrons. The zero-order chi connectivity index (χ0) is 13.0. The molecule has 18 heavy (non-hydrogen) atoms. The highest BCUT2D eigenvalue weighted by molar-refractivity contribution is 5.91. The molecular weight excluding hydrogens is 236 g/mol. The molecule has 1 aromatic heterocycles. The molecule has 0 spiro atoms. The van der Waals surface area contributed by atoms with Gasteiger partial charge in [-0.25, -0.2) is 0 Å². The largest absolute Gasteiger partial charge is 0.481 e. The van der Waals surface area contributed by atoms with E-state index in [2.05, 4.69) is 5.16 Å². The molecule has 6 nitrogen and oxygen atoms in total. The van der Waals surface area contributed by atoms with Crippen LogP contribution in [0.1, 0.15) is 36.2 Å². The lowest BCUT2D eigenvalue weighted by molar-refractivity contribution is -0.137. The summed E-state index contributed by atoms with van der Waals surface area (Å²) in [6.45, 7) is 1.31. The van der Waals surface area contributed by atoms with Crippen LogP contribution in [0.5, 0.6) is 0 Å². The van der Waals surface area contributed by atoms with Crippen LogP contribution in [-0.2, 0) is 4.79 Å². The number of aromatic nitrogens is 1. The molecular formula is C12H16N2O4. The van der Waals surface area contributed by atoms with E-state index in [4.69, 9.17) is 9.63 Å². The third kappa shape index (κ3) is 3.09. The van der Waals surface area contributed by atoms with Crippen LogP contribution in [-0.4, -0.2) is 40.1 Å². The molecule has 1 aliphatic rings. The Morgan fingerprint density at radius 2 is 2.17 bits per heavy atom. The standard InChI is InChI=1S/C12H16N2O4/c15-11(16)2-1-9-4-7-14(8-5-9)12(17)10-3-6-13-18-10/h3,6,9H,1-2,4-5,7-8H2,(H,15,16). The van der Waals surface area contributed by atoms with E-state index >= 15 is 0 Å². The number of carboxylic acids is 1. The predicted molar refractivity (Wildman–Crippen MR) is 62.0 cm³/mol. The van der Waals surface area contributed by atoms with Crippen molar-refractivity contribution in [3.8, 4) is 0 Å². The van der Waals surface area contributed by atoms with Gasteiger partial charge in [-0.15, -0.1) is 0 Å². The Morgan fingerprint density at radius 1 is 1.44 bits per heavy atom. The number of likely N-dealkylation sites (tertiary alicyclic amines) is 1. The van der Waals surface area contributed by atoms with Crippen molar-refractivity contribution in [2.24, 2.45) is 5.92 Å².